The van der Waals surface area contributed by atoms with Gasteiger partial charge >= 0.3 is 0 Å². The molecule has 2 heterocycles. The molecule has 9 heteroatoms. The van der Waals surface area contributed by atoms with Crippen molar-refractivity contribution in [1.29, 1.82) is 0 Å². The molecule has 1 fully saturated rings. The molecule has 1 aromatic heterocycles. The molecule has 0 aliphatic carbocycles. The van der Waals surface area contributed by atoms with Crippen molar-refractivity contribution in [3.8, 4) is 11.1 Å². The minimum absolute atomic E-state index is 0.0670. The number of aryl methyl sites for hydroxylation is 1. The van der Waals surface area contributed by atoms with Gasteiger partial charge in [-0.3, -0.25) is 4.90 Å². The van der Waals surface area contributed by atoms with E-state index >= 15 is 0 Å². The first-order chi connectivity index (χ1) is 12.7. The summed E-state index contributed by atoms with van der Waals surface area (Å²) < 4.78 is 42.1. The Hall–Kier alpha value is -1.58. The van der Waals surface area contributed by atoms with Crippen LogP contribution < -0.4 is 0 Å². The van der Waals surface area contributed by atoms with Gasteiger partial charge in [-0.15, -0.1) is 0 Å². The largest absolute Gasteiger partial charge is 0.379 e. The molecule has 27 heavy (non-hydrogen) atoms. The highest BCUT2D eigenvalue weighted by Crippen LogP contribution is 2.31. The number of hydrogen-bond acceptors (Lipinski definition) is 5. The second-order valence-electron chi connectivity index (χ2n) is 6.54. The van der Waals surface area contributed by atoms with Crippen molar-refractivity contribution < 1.29 is 17.9 Å². The first-order valence-electron chi connectivity index (χ1n) is 8.54. The first kappa shape index (κ1) is 20.2. The second kappa shape index (κ2) is 7.81. The maximum absolute atomic E-state index is 14.5. The molecule has 1 atom stereocenters. The molecule has 3 rings (SSSR count). The molecule has 146 valence electrons. The average molecular weight is 414 g/mol. The van der Waals surface area contributed by atoms with Gasteiger partial charge in [0, 0.05) is 37.9 Å². The fraction of sp³-hybridized carbons (Fsp3) is 0.389. The Labute approximate surface area is 163 Å². The van der Waals surface area contributed by atoms with Gasteiger partial charge in [0.05, 0.1) is 4.90 Å². The summed E-state index contributed by atoms with van der Waals surface area (Å²) in [5.74, 6) is -0.521. The third-order valence-electron chi connectivity index (χ3n) is 4.72. The summed E-state index contributed by atoms with van der Waals surface area (Å²) in [6.07, 6.45) is 0.825. The van der Waals surface area contributed by atoms with Crippen molar-refractivity contribution in [3.05, 3.63) is 47.0 Å². The Bertz CT molecular complexity index is 945. The molecule has 1 aliphatic rings. The number of nitrogens with zero attached hydrogens (tertiary/aromatic N) is 3. The van der Waals surface area contributed by atoms with E-state index in [0.29, 0.717) is 24.2 Å². The van der Waals surface area contributed by atoms with Gasteiger partial charge in [-0.1, -0.05) is 11.6 Å². The van der Waals surface area contributed by atoms with Gasteiger partial charge in [0.1, 0.15) is 17.2 Å². The van der Waals surface area contributed by atoms with Gasteiger partial charge < -0.3 is 5.11 Å². The summed E-state index contributed by atoms with van der Waals surface area (Å²) in [4.78, 5) is 5.74. The van der Waals surface area contributed by atoms with Crippen molar-refractivity contribution >= 4 is 21.6 Å². The van der Waals surface area contributed by atoms with Crippen molar-refractivity contribution in [2.45, 2.75) is 25.0 Å². The molecule has 0 spiro atoms. The van der Waals surface area contributed by atoms with Crippen LogP contribution in [-0.2, 0) is 10.0 Å². The number of halogens is 2. The lowest BCUT2D eigenvalue weighted by Crippen LogP contribution is -2.51. The molecular formula is C18H21ClFN3O3S. The summed E-state index contributed by atoms with van der Waals surface area (Å²) in [6, 6.07) is 5.65. The lowest BCUT2D eigenvalue weighted by Gasteiger charge is -2.35. The summed E-state index contributed by atoms with van der Waals surface area (Å²) in [5, 5.41) is 9.84. The molecule has 0 amide bonds. The van der Waals surface area contributed by atoms with Crippen LogP contribution in [0.1, 0.15) is 12.5 Å². The summed E-state index contributed by atoms with van der Waals surface area (Å²) in [6.45, 7) is 4.63. The number of sulfonamides is 1. The quantitative estimate of drug-likeness (QED) is 0.779. The van der Waals surface area contributed by atoms with Crippen molar-refractivity contribution in [2.75, 3.05) is 26.2 Å². The zero-order chi connectivity index (χ0) is 19.8. The van der Waals surface area contributed by atoms with Gasteiger partial charge in [0.25, 0.3) is 0 Å². The van der Waals surface area contributed by atoms with Crippen LogP contribution in [0.15, 0.2) is 35.4 Å². The Morgan fingerprint density at radius 3 is 2.48 bits per heavy atom. The molecular weight excluding hydrogens is 393 g/mol. The topological polar surface area (TPSA) is 73.7 Å². The van der Waals surface area contributed by atoms with Crippen molar-refractivity contribution in [3.63, 3.8) is 0 Å². The monoisotopic (exact) mass is 413 g/mol. The number of benzene rings is 1. The zero-order valence-corrected chi connectivity index (χ0v) is 16.6. The molecule has 2 aromatic rings. The van der Waals surface area contributed by atoms with E-state index in [9.17, 15) is 17.9 Å². The first-order valence-corrected chi connectivity index (χ1v) is 10.4. The minimum Gasteiger partial charge on any atom is -0.379 e. The van der Waals surface area contributed by atoms with Crippen LogP contribution in [0.5, 0.6) is 0 Å². The summed E-state index contributed by atoms with van der Waals surface area (Å²) in [5.41, 5.74) is 0.961. The van der Waals surface area contributed by atoms with Crippen molar-refractivity contribution in [2.24, 2.45) is 0 Å². The van der Waals surface area contributed by atoms with E-state index < -0.39 is 22.1 Å². The van der Waals surface area contributed by atoms with Crippen LogP contribution in [0.4, 0.5) is 4.39 Å². The Kier molecular flexibility index (Phi) is 5.83. The Morgan fingerprint density at radius 1 is 1.22 bits per heavy atom. The lowest BCUT2D eigenvalue weighted by atomic mass is 10.0. The van der Waals surface area contributed by atoms with Crippen molar-refractivity contribution in [1.82, 2.24) is 14.2 Å². The highest BCUT2D eigenvalue weighted by molar-refractivity contribution is 7.89. The molecule has 0 saturated carbocycles. The third-order valence-corrected chi connectivity index (χ3v) is 6.97. The number of pyridine rings is 1. The molecule has 0 bridgehead atoms. The maximum atomic E-state index is 14.5. The van der Waals surface area contributed by atoms with Gasteiger partial charge in [-0.05, 0) is 49.2 Å². The van der Waals surface area contributed by atoms with Gasteiger partial charge in [-0.25, -0.2) is 17.8 Å². The molecule has 6 nitrogen and oxygen atoms in total. The minimum atomic E-state index is -3.79. The number of aliphatic hydroxyl groups is 1. The van der Waals surface area contributed by atoms with Crippen LogP contribution >= 0.6 is 11.6 Å². The van der Waals surface area contributed by atoms with Crippen LogP contribution in [0.3, 0.4) is 0 Å². The van der Waals surface area contributed by atoms with Crippen LogP contribution in [0.25, 0.3) is 11.1 Å². The SMILES string of the molecule is Cc1cc(F)c(-c2ccnc(Cl)c2)cc1S(=O)(=O)N1CCN(C(C)O)CC1. The molecule has 1 aromatic carbocycles. The highest BCUT2D eigenvalue weighted by Gasteiger charge is 2.31. The third kappa shape index (κ3) is 4.14. The molecule has 1 N–H and O–H groups in total. The van der Waals surface area contributed by atoms with Gasteiger partial charge in [0.15, 0.2) is 0 Å². The smallest absolute Gasteiger partial charge is 0.243 e. The van der Waals surface area contributed by atoms with E-state index in [0.717, 1.165) is 0 Å². The van der Waals surface area contributed by atoms with Gasteiger partial charge in [-0.2, -0.15) is 4.31 Å². The molecule has 1 unspecified atom stereocenters. The maximum Gasteiger partial charge on any atom is 0.243 e. The fourth-order valence-electron chi connectivity index (χ4n) is 3.18. The fourth-order valence-corrected chi connectivity index (χ4v) is 5.01. The zero-order valence-electron chi connectivity index (χ0n) is 15.1. The predicted octanol–water partition coefficient (Wildman–Crippen LogP) is 2.49. The lowest BCUT2D eigenvalue weighted by molar-refractivity contribution is -0.000184. The number of aliphatic hydroxyl groups excluding tert-OH is 1. The van der Waals surface area contributed by atoms with Gasteiger partial charge in [0.2, 0.25) is 10.0 Å². The standard InChI is InChI=1S/C18H21ClFN3O3S/c1-12-9-16(20)15(14-3-4-21-18(19)10-14)11-17(12)27(25,26)23-7-5-22(6-8-23)13(2)24/h3-4,9-11,13,24H,5-8H2,1-2H3. The van der Waals surface area contributed by atoms with E-state index in [2.05, 4.69) is 4.98 Å². The van der Waals surface area contributed by atoms with E-state index in [1.165, 1.54) is 28.7 Å². The Balaban J connectivity index is 1.97. The molecule has 1 aliphatic heterocycles. The summed E-state index contributed by atoms with van der Waals surface area (Å²) in [7, 11) is -3.79. The number of aromatic nitrogens is 1. The van der Waals surface area contributed by atoms with E-state index in [1.54, 1.807) is 24.8 Å². The normalized spacial score (nSPS) is 17.8. The van der Waals surface area contributed by atoms with E-state index in [-0.39, 0.29) is 28.7 Å². The van der Waals surface area contributed by atoms with E-state index in [4.69, 9.17) is 11.6 Å². The Morgan fingerprint density at radius 2 is 1.89 bits per heavy atom. The molecule has 1 saturated heterocycles. The second-order valence-corrected chi connectivity index (χ2v) is 8.83. The summed E-state index contributed by atoms with van der Waals surface area (Å²) >= 11 is 5.88. The van der Waals surface area contributed by atoms with Crippen LogP contribution in [0, 0.1) is 12.7 Å². The van der Waals surface area contributed by atoms with Crippen LogP contribution in [0.2, 0.25) is 5.15 Å². The predicted molar refractivity (Wildman–Crippen MR) is 101 cm³/mol. The van der Waals surface area contributed by atoms with E-state index in [1.807, 2.05) is 0 Å². The number of piperazine rings is 1. The van der Waals surface area contributed by atoms with Crippen LogP contribution in [-0.4, -0.2) is 60.1 Å². The average Bonchev–Trinajstić information content (AvgIpc) is 2.61. The number of rotatable bonds is 4. The molecule has 0 radical (unpaired) electrons. The number of hydrogen-bond donors (Lipinski definition) is 1. The highest BCUT2D eigenvalue weighted by atomic mass is 35.5.